The topological polar surface area (TPSA) is 133 Å². The molecule has 3 aromatic rings. The summed E-state index contributed by atoms with van der Waals surface area (Å²) in [7, 11) is -1.80. The monoisotopic (exact) mass is 535 g/mol. The predicted octanol–water partition coefficient (Wildman–Crippen LogP) is 3.60. The molecule has 0 saturated carbocycles. The van der Waals surface area contributed by atoms with Gasteiger partial charge in [-0.05, 0) is 66.8 Å². The number of hydrogen-bond acceptors (Lipinski definition) is 6. The molecule has 0 aliphatic carbocycles. The third-order valence-corrected chi connectivity index (χ3v) is 5.83. The minimum Gasteiger partial charge on any atom is -0.423 e. The number of aliphatic imine (C=N–C) groups is 1. The second-order valence-electron chi connectivity index (χ2n) is 8.50. The first-order valence-electron chi connectivity index (χ1n) is 11.8. The molecule has 11 heteroatoms. The number of rotatable bonds is 4. The zero-order valence-corrected chi connectivity index (χ0v) is 22.0. The van der Waals surface area contributed by atoms with Gasteiger partial charge in [0.1, 0.15) is 17.5 Å². The van der Waals surface area contributed by atoms with Gasteiger partial charge in [0.15, 0.2) is 0 Å². The fourth-order valence-electron chi connectivity index (χ4n) is 3.97. The Hall–Kier alpha value is -3.86. The van der Waals surface area contributed by atoms with E-state index in [9.17, 15) is 19.2 Å². The van der Waals surface area contributed by atoms with Crippen LogP contribution in [0.4, 0.5) is 10.1 Å². The van der Waals surface area contributed by atoms with Crippen LogP contribution >= 0.6 is 11.6 Å². The zero-order valence-electron chi connectivity index (χ0n) is 21.2. The van der Waals surface area contributed by atoms with E-state index in [2.05, 4.69) is 10.3 Å². The van der Waals surface area contributed by atoms with E-state index in [0.717, 1.165) is 18.2 Å². The van der Waals surface area contributed by atoms with Crippen molar-refractivity contribution in [2.45, 2.75) is 20.8 Å². The van der Waals surface area contributed by atoms with Crippen molar-refractivity contribution in [3.05, 3.63) is 82.6 Å². The summed E-state index contributed by atoms with van der Waals surface area (Å²) in [5.74, 6) is -0.219. The number of fused-ring (bicyclic) bond motifs is 1. The van der Waals surface area contributed by atoms with Crippen molar-refractivity contribution in [3.8, 4) is 11.1 Å². The number of anilines is 1. The highest BCUT2D eigenvalue weighted by molar-refractivity contribution is 6.58. The second kappa shape index (κ2) is 12.6. The molecule has 1 amide bonds. The SMILES string of the molecule is CC(=N)N1C(=N)CN=C(c2ccc(Cl)cc2)c2cc(-c3cc(F)cc(B(O)O)c3)ccc21.CCNC(C)=O. The molecule has 0 atom stereocenters. The number of halogens is 2. The fourth-order valence-corrected chi connectivity index (χ4v) is 4.10. The lowest BCUT2D eigenvalue weighted by molar-refractivity contribution is -0.118. The van der Waals surface area contributed by atoms with Gasteiger partial charge in [0.05, 0.1) is 17.9 Å². The highest BCUT2D eigenvalue weighted by atomic mass is 35.5. The summed E-state index contributed by atoms with van der Waals surface area (Å²) in [6, 6.07) is 16.4. The van der Waals surface area contributed by atoms with Crippen LogP contribution in [0.25, 0.3) is 11.1 Å². The van der Waals surface area contributed by atoms with Crippen molar-refractivity contribution >= 4 is 53.2 Å². The van der Waals surface area contributed by atoms with Gasteiger partial charge in [0.2, 0.25) is 5.91 Å². The summed E-state index contributed by atoms with van der Waals surface area (Å²) in [6.07, 6.45) is 0. The number of nitrogens with one attached hydrogen (secondary N) is 3. The molecule has 8 nitrogen and oxygen atoms in total. The van der Waals surface area contributed by atoms with Gasteiger partial charge >= 0.3 is 7.12 Å². The smallest absolute Gasteiger partial charge is 0.423 e. The number of amidine groups is 2. The molecule has 38 heavy (non-hydrogen) atoms. The third-order valence-electron chi connectivity index (χ3n) is 5.58. The van der Waals surface area contributed by atoms with Crippen LogP contribution in [0.1, 0.15) is 31.9 Å². The molecule has 0 aromatic heterocycles. The average Bonchev–Trinajstić information content (AvgIpc) is 3.00. The summed E-state index contributed by atoms with van der Waals surface area (Å²) in [5, 5.41) is 38.7. The highest BCUT2D eigenvalue weighted by Crippen LogP contribution is 2.32. The largest absolute Gasteiger partial charge is 0.488 e. The Balaban J connectivity index is 0.000000599. The fraction of sp³-hybridized carbons (Fsp3) is 0.185. The molecule has 196 valence electrons. The molecule has 1 aliphatic rings. The number of benzene rings is 3. The molecule has 1 aliphatic heterocycles. The van der Waals surface area contributed by atoms with E-state index in [1.165, 1.54) is 24.0 Å². The van der Waals surface area contributed by atoms with E-state index in [4.69, 9.17) is 22.4 Å². The Morgan fingerprint density at radius 1 is 1.08 bits per heavy atom. The zero-order chi connectivity index (χ0) is 28.0. The Kier molecular flexibility index (Phi) is 9.52. The first kappa shape index (κ1) is 28.7. The van der Waals surface area contributed by atoms with Gasteiger partial charge in [-0.3, -0.25) is 25.5 Å². The average molecular weight is 536 g/mol. The highest BCUT2D eigenvalue weighted by Gasteiger charge is 2.25. The van der Waals surface area contributed by atoms with Crippen LogP contribution in [0.5, 0.6) is 0 Å². The molecule has 4 rings (SSSR count). The molecular formula is C27H28BClFN5O3. The van der Waals surface area contributed by atoms with Gasteiger partial charge in [-0.25, -0.2) is 4.39 Å². The van der Waals surface area contributed by atoms with Gasteiger partial charge < -0.3 is 15.4 Å². The molecular weight excluding hydrogens is 508 g/mol. The summed E-state index contributed by atoms with van der Waals surface area (Å²) >= 11 is 6.04. The molecule has 0 unspecified atom stereocenters. The lowest BCUT2D eigenvalue weighted by Gasteiger charge is -2.24. The van der Waals surface area contributed by atoms with Crippen LogP contribution in [0.3, 0.4) is 0 Å². The molecule has 0 radical (unpaired) electrons. The minimum absolute atomic E-state index is 0.0394. The van der Waals surface area contributed by atoms with Crippen molar-refractivity contribution in [1.29, 1.82) is 10.8 Å². The van der Waals surface area contributed by atoms with E-state index in [1.807, 2.05) is 19.1 Å². The maximum atomic E-state index is 14.2. The Morgan fingerprint density at radius 2 is 1.74 bits per heavy atom. The van der Waals surface area contributed by atoms with Crippen molar-refractivity contribution in [3.63, 3.8) is 0 Å². The number of amides is 1. The lowest BCUT2D eigenvalue weighted by Crippen LogP contribution is -2.35. The Labute approximate surface area is 226 Å². The van der Waals surface area contributed by atoms with Crippen LogP contribution in [-0.4, -0.2) is 53.5 Å². The number of carbonyl (C=O) groups is 1. The number of benzodiazepines with no additional fused rings is 1. The molecule has 0 spiro atoms. The molecule has 5 N–H and O–H groups in total. The van der Waals surface area contributed by atoms with Gasteiger partial charge in [-0.1, -0.05) is 35.9 Å². The van der Waals surface area contributed by atoms with Crippen LogP contribution in [0, 0.1) is 16.6 Å². The summed E-state index contributed by atoms with van der Waals surface area (Å²) in [5.41, 5.74) is 3.80. The lowest BCUT2D eigenvalue weighted by atomic mass is 9.79. The summed E-state index contributed by atoms with van der Waals surface area (Å²) in [4.78, 5) is 16.1. The maximum Gasteiger partial charge on any atom is 0.488 e. The van der Waals surface area contributed by atoms with Crippen LogP contribution in [0.2, 0.25) is 5.02 Å². The maximum absolute atomic E-state index is 14.2. The normalized spacial score (nSPS) is 12.4. The minimum atomic E-state index is -1.80. The third kappa shape index (κ3) is 6.92. The molecule has 0 bridgehead atoms. The number of hydrogen-bond donors (Lipinski definition) is 5. The quantitative estimate of drug-likeness (QED) is 0.198. The van der Waals surface area contributed by atoms with Crippen LogP contribution in [0.15, 0.2) is 65.7 Å². The van der Waals surface area contributed by atoms with Crippen molar-refractivity contribution < 1.29 is 19.2 Å². The van der Waals surface area contributed by atoms with Gasteiger partial charge in [-0.2, -0.15) is 0 Å². The first-order valence-corrected chi connectivity index (χ1v) is 12.2. The predicted molar refractivity (Wildman–Crippen MR) is 152 cm³/mol. The van der Waals surface area contributed by atoms with E-state index >= 15 is 0 Å². The van der Waals surface area contributed by atoms with Crippen molar-refractivity contribution in [2.24, 2.45) is 4.99 Å². The summed E-state index contributed by atoms with van der Waals surface area (Å²) in [6.45, 7) is 5.81. The van der Waals surface area contributed by atoms with Crippen molar-refractivity contribution in [2.75, 3.05) is 18.0 Å². The number of nitrogens with zero attached hydrogens (tertiary/aromatic N) is 2. The number of carbonyl (C=O) groups excluding carboxylic acids is 1. The van der Waals surface area contributed by atoms with E-state index in [-0.39, 0.29) is 29.6 Å². The van der Waals surface area contributed by atoms with Gasteiger partial charge in [0.25, 0.3) is 0 Å². The van der Waals surface area contributed by atoms with Crippen LogP contribution < -0.4 is 15.7 Å². The molecule has 3 aromatic carbocycles. The first-order chi connectivity index (χ1) is 18.0. The second-order valence-corrected chi connectivity index (χ2v) is 8.94. The van der Waals surface area contributed by atoms with Crippen LogP contribution in [-0.2, 0) is 4.79 Å². The molecule has 0 fully saturated rings. The van der Waals surface area contributed by atoms with E-state index in [1.54, 1.807) is 37.3 Å². The standard InChI is InChI=1S/C23H19BClFN4O2.C4H9NO/c1-13(27)30-21-7-4-15(16-8-17(24(31)32)11-19(26)9-16)10-20(21)23(29-12-22(30)28)14-2-5-18(25)6-3-14;1-3-5-4(2)6/h2-11,27-28,31-32H,12H2,1H3;3H2,1-2H3,(H,5,6). The van der Waals surface area contributed by atoms with Gasteiger partial charge in [-0.15, -0.1) is 0 Å². The van der Waals surface area contributed by atoms with Gasteiger partial charge in [0, 0.05) is 29.6 Å². The molecule has 1 heterocycles. The van der Waals surface area contributed by atoms with Crippen molar-refractivity contribution in [1.82, 2.24) is 5.32 Å². The van der Waals surface area contributed by atoms with E-state index in [0.29, 0.717) is 33.1 Å². The summed E-state index contributed by atoms with van der Waals surface area (Å²) < 4.78 is 14.2. The van der Waals surface area contributed by atoms with E-state index < -0.39 is 12.9 Å². The Bertz CT molecular complexity index is 1400. The Morgan fingerprint density at radius 3 is 2.29 bits per heavy atom. The molecule has 0 saturated heterocycles.